The zero-order valence-electron chi connectivity index (χ0n) is 21.7. The fourth-order valence-electron chi connectivity index (χ4n) is 3.94. The average Bonchev–Trinajstić information content (AvgIpc) is 3.19. The van der Waals surface area contributed by atoms with Gasteiger partial charge in [-0.25, -0.2) is 0 Å². The molecule has 0 N–H and O–H groups in total. The number of methoxy groups -OCH3 is 2. The molecule has 0 aromatic heterocycles. The maximum absolute atomic E-state index is 9.74. The number of nitriles is 1. The summed E-state index contributed by atoms with van der Waals surface area (Å²) < 4.78 is 24.8. The van der Waals surface area contributed by atoms with Gasteiger partial charge in [-0.05, 0) is 60.0 Å². The highest BCUT2D eigenvalue weighted by atomic mass is 28.4. The van der Waals surface area contributed by atoms with Crippen LogP contribution in [-0.2, 0) is 15.6 Å². The molecule has 6 heteroatoms. The molecule has 0 heterocycles. The molecular weight excluding hydrogens is 442 g/mol. The summed E-state index contributed by atoms with van der Waals surface area (Å²) in [6.07, 6.45) is 2.06. The van der Waals surface area contributed by atoms with E-state index in [1.54, 1.807) is 14.2 Å². The molecule has 0 unspecified atom stereocenters. The van der Waals surface area contributed by atoms with Crippen LogP contribution < -0.4 is 9.47 Å². The Morgan fingerprint density at radius 1 is 1.06 bits per heavy atom. The first kappa shape index (κ1) is 25.9. The number of benzene rings is 2. The van der Waals surface area contributed by atoms with Gasteiger partial charge in [0, 0.05) is 12.0 Å². The van der Waals surface area contributed by atoms with E-state index < -0.39 is 20.5 Å². The minimum atomic E-state index is -2.22. The standard InChI is InChI=1S/C28H37NO4Si/c1-19-25(30-5)17-22(18-26(19)31-6)27(33-34(7,8)28(2,3)4)24(13-14-29)32-23-15-20-11-9-10-12-21(20)16-23/h9-12,15,17-18,24,27H,13,16H2,1-8H3/t24-,27+/m0/s1. The van der Waals surface area contributed by atoms with E-state index >= 15 is 0 Å². The van der Waals surface area contributed by atoms with Gasteiger partial charge < -0.3 is 18.6 Å². The monoisotopic (exact) mass is 479 g/mol. The van der Waals surface area contributed by atoms with Crippen molar-refractivity contribution in [2.75, 3.05) is 14.2 Å². The Morgan fingerprint density at radius 2 is 1.68 bits per heavy atom. The summed E-state index contributed by atoms with van der Waals surface area (Å²) in [4.78, 5) is 0. The van der Waals surface area contributed by atoms with Crippen molar-refractivity contribution in [3.8, 4) is 17.6 Å². The number of fused-ring (bicyclic) bond motifs is 1. The molecule has 2 aromatic carbocycles. The van der Waals surface area contributed by atoms with Crippen LogP contribution in [-0.4, -0.2) is 28.6 Å². The van der Waals surface area contributed by atoms with Crippen LogP contribution in [0.1, 0.15) is 55.5 Å². The second-order valence-electron chi connectivity index (χ2n) is 10.4. The zero-order chi connectivity index (χ0) is 25.1. The molecule has 0 bridgehead atoms. The number of ether oxygens (including phenoxy) is 3. The summed E-state index contributed by atoms with van der Waals surface area (Å²) in [5.41, 5.74) is 4.20. The largest absolute Gasteiger partial charge is 0.496 e. The lowest BCUT2D eigenvalue weighted by Gasteiger charge is -2.41. The highest BCUT2D eigenvalue weighted by Gasteiger charge is 2.42. The van der Waals surface area contributed by atoms with Crippen LogP contribution in [0.5, 0.6) is 11.5 Å². The Hall–Kier alpha value is -2.75. The maximum atomic E-state index is 9.74. The Bertz CT molecular complexity index is 1070. The molecule has 3 rings (SSSR count). The molecule has 0 radical (unpaired) electrons. The van der Waals surface area contributed by atoms with Crippen LogP contribution in [0.2, 0.25) is 18.1 Å². The van der Waals surface area contributed by atoms with E-state index in [9.17, 15) is 5.26 Å². The third-order valence-corrected chi connectivity index (χ3v) is 11.5. The van der Waals surface area contributed by atoms with Crippen molar-refractivity contribution in [2.45, 2.75) is 70.9 Å². The van der Waals surface area contributed by atoms with Crippen molar-refractivity contribution in [3.63, 3.8) is 0 Å². The molecule has 2 aromatic rings. The van der Waals surface area contributed by atoms with Crippen LogP contribution in [0.15, 0.2) is 42.2 Å². The van der Waals surface area contributed by atoms with Crippen molar-refractivity contribution in [1.82, 2.24) is 0 Å². The fraction of sp³-hybridized carbons (Fsp3) is 0.464. The van der Waals surface area contributed by atoms with Crippen molar-refractivity contribution < 1.29 is 18.6 Å². The Morgan fingerprint density at radius 3 is 2.21 bits per heavy atom. The van der Waals surface area contributed by atoms with Gasteiger partial charge in [0.25, 0.3) is 0 Å². The summed E-state index contributed by atoms with van der Waals surface area (Å²) in [7, 11) is 1.08. The highest BCUT2D eigenvalue weighted by molar-refractivity contribution is 6.74. The topological polar surface area (TPSA) is 60.7 Å². The summed E-state index contributed by atoms with van der Waals surface area (Å²) in [6.45, 7) is 13.0. The summed E-state index contributed by atoms with van der Waals surface area (Å²) in [6, 6.07) is 14.6. The predicted octanol–water partition coefficient (Wildman–Crippen LogP) is 6.97. The highest BCUT2D eigenvalue weighted by Crippen LogP contribution is 2.44. The van der Waals surface area contributed by atoms with Crippen LogP contribution in [0.4, 0.5) is 0 Å². The normalized spacial score (nSPS) is 15.1. The minimum absolute atomic E-state index is 0.00975. The molecule has 0 spiro atoms. The molecule has 0 fully saturated rings. The summed E-state index contributed by atoms with van der Waals surface area (Å²) in [5, 5.41) is 9.73. The van der Waals surface area contributed by atoms with Gasteiger partial charge >= 0.3 is 0 Å². The lowest BCUT2D eigenvalue weighted by Crippen LogP contribution is -2.44. The van der Waals surface area contributed by atoms with Gasteiger partial charge in [-0.3, -0.25) is 0 Å². The van der Waals surface area contributed by atoms with E-state index in [0.717, 1.165) is 33.9 Å². The van der Waals surface area contributed by atoms with Gasteiger partial charge in [-0.2, -0.15) is 5.26 Å². The first-order valence-corrected chi connectivity index (χ1v) is 14.6. The van der Waals surface area contributed by atoms with Gasteiger partial charge in [0.15, 0.2) is 8.32 Å². The van der Waals surface area contributed by atoms with Crippen LogP contribution in [0.25, 0.3) is 6.08 Å². The number of hydrogen-bond acceptors (Lipinski definition) is 5. The Kier molecular flexibility index (Phi) is 7.79. The lowest BCUT2D eigenvalue weighted by atomic mass is 9.99. The molecule has 5 nitrogen and oxygen atoms in total. The molecule has 0 saturated heterocycles. The second-order valence-corrected chi connectivity index (χ2v) is 15.1. The van der Waals surface area contributed by atoms with E-state index in [2.05, 4.69) is 58.1 Å². The summed E-state index contributed by atoms with van der Waals surface area (Å²) >= 11 is 0. The molecule has 0 saturated carbocycles. The minimum Gasteiger partial charge on any atom is -0.496 e. The molecule has 2 atom stereocenters. The molecule has 1 aliphatic rings. The number of hydrogen-bond donors (Lipinski definition) is 0. The molecule has 0 aliphatic heterocycles. The SMILES string of the molecule is COc1cc([C@@H](O[Si](C)(C)C(C)(C)C)[C@H](CC#N)OC2=Cc3ccccc3C2)cc(OC)c1C. The van der Waals surface area contributed by atoms with E-state index in [4.69, 9.17) is 18.6 Å². The van der Waals surface area contributed by atoms with Crippen molar-refractivity contribution in [2.24, 2.45) is 0 Å². The predicted molar refractivity (Wildman–Crippen MR) is 139 cm³/mol. The number of nitrogens with zero attached hydrogens (tertiary/aromatic N) is 1. The van der Waals surface area contributed by atoms with Crippen molar-refractivity contribution in [1.29, 1.82) is 5.26 Å². The number of allylic oxidation sites excluding steroid dienone is 1. The van der Waals surface area contributed by atoms with Crippen LogP contribution >= 0.6 is 0 Å². The van der Waals surface area contributed by atoms with Crippen molar-refractivity contribution in [3.05, 3.63) is 64.4 Å². The van der Waals surface area contributed by atoms with E-state index in [-0.39, 0.29) is 11.5 Å². The van der Waals surface area contributed by atoms with Crippen LogP contribution in [0.3, 0.4) is 0 Å². The third-order valence-electron chi connectivity index (χ3n) is 7.00. The van der Waals surface area contributed by atoms with Gasteiger partial charge in [0.05, 0.1) is 26.7 Å². The molecule has 1 aliphatic carbocycles. The van der Waals surface area contributed by atoms with E-state index in [0.29, 0.717) is 6.42 Å². The van der Waals surface area contributed by atoms with Crippen LogP contribution in [0, 0.1) is 18.3 Å². The Labute approximate surface area is 205 Å². The maximum Gasteiger partial charge on any atom is 0.193 e. The second kappa shape index (κ2) is 10.2. The Balaban J connectivity index is 2.05. The molecule has 34 heavy (non-hydrogen) atoms. The van der Waals surface area contributed by atoms with E-state index in [1.807, 2.05) is 31.2 Å². The lowest BCUT2D eigenvalue weighted by molar-refractivity contribution is 0.00446. The van der Waals surface area contributed by atoms with E-state index in [1.165, 1.54) is 5.56 Å². The number of rotatable bonds is 9. The van der Waals surface area contributed by atoms with Crippen molar-refractivity contribution >= 4 is 14.4 Å². The third kappa shape index (κ3) is 5.48. The van der Waals surface area contributed by atoms with Gasteiger partial charge in [-0.1, -0.05) is 45.0 Å². The quantitative estimate of drug-likeness (QED) is 0.363. The van der Waals surface area contributed by atoms with Gasteiger partial charge in [0.1, 0.15) is 29.5 Å². The first-order valence-electron chi connectivity index (χ1n) is 11.7. The molecular formula is C28H37NO4Si. The zero-order valence-corrected chi connectivity index (χ0v) is 22.7. The van der Waals surface area contributed by atoms with Gasteiger partial charge in [0.2, 0.25) is 0 Å². The average molecular weight is 480 g/mol. The molecule has 0 amide bonds. The van der Waals surface area contributed by atoms with Gasteiger partial charge in [-0.15, -0.1) is 0 Å². The fourth-order valence-corrected chi connectivity index (χ4v) is 5.22. The molecule has 182 valence electrons. The first-order chi connectivity index (χ1) is 16.0. The summed E-state index contributed by atoms with van der Waals surface area (Å²) in [5.74, 6) is 2.30. The smallest absolute Gasteiger partial charge is 0.193 e.